The minimum Gasteiger partial charge on any atom is -0.100 e. The molecule has 1 atom stereocenters. The van der Waals surface area contributed by atoms with Gasteiger partial charge in [-0.25, -0.2) is 0 Å². The molecule has 0 nitrogen and oxygen atoms in total. The maximum Gasteiger partial charge on any atom is -0.0232 e. The minimum absolute atomic E-state index is 0.568. The maximum absolute atomic E-state index is 3.95. The third-order valence-corrected chi connectivity index (χ3v) is 3.03. The van der Waals surface area contributed by atoms with Gasteiger partial charge in [0.1, 0.15) is 0 Å². The second-order valence-corrected chi connectivity index (χ2v) is 4.76. The Labute approximate surface area is 64.3 Å². The van der Waals surface area contributed by atoms with Crippen LogP contribution in [0.25, 0.3) is 0 Å². The first-order chi connectivity index (χ1) is 4.37. The first kappa shape index (κ1) is 7.84. The van der Waals surface area contributed by atoms with Crippen LogP contribution < -0.4 is 0 Å². The second kappa shape index (κ2) is 1.87. The molecule has 10 heavy (non-hydrogen) atoms. The van der Waals surface area contributed by atoms with Gasteiger partial charge in [-0.2, -0.15) is 0 Å². The van der Waals surface area contributed by atoms with Crippen LogP contribution in [0.3, 0.4) is 0 Å². The third-order valence-electron chi connectivity index (χ3n) is 3.03. The predicted molar refractivity (Wildman–Crippen MR) is 45.9 cm³/mol. The van der Waals surface area contributed by atoms with Crippen molar-refractivity contribution in [2.24, 2.45) is 10.8 Å². The largest absolute Gasteiger partial charge is 0.100 e. The highest BCUT2D eigenvalue weighted by atomic mass is 14.6. The summed E-state index contributed by atoms with van der Waals surface area (Å²) in [6, 6.07) is 0. The van der Waals surface area contributed by atoms with Crippen LogP contribution in [0.5, 0.6) is 0 Å². The summed E-state index contributed by atoms with van der Waals surface area (Å²) in [7, 11) is 0. The molecule has 1 fully saturated rings. The van der Waals surface area contributed by atoms with E-state index in [1.807, 2.05) is 0 Å². The van der Waals surface area contributed by atoms with E-state index in [9.17, 15) is 0 Å². The SMILES string of the molecule is C=C(C)CC1(C)CC1(C)C. The van der Waals surface area contributed by atoms with Gasteiger partial charge in [0, 0.05) is 0 Å². The molecular weight excluding hydrogens is 120 g/mol. The molecule has 0 heteroatoms. The van der Waals surface area contributed by atoms with Gasteiger partial charge >= 0.3 is 0 Å². The molecular formula is C10H18. The van der Waals surface area contributed by atoms with E-state index in [1.54, 1.807) is 0 Å². The minimum atomic E-state index is 0.568. The summed E-state index contributed by atoms with van der Waals surface area (Å²) in [4.78, 5) is 0. The van der Waals surface area contributed by atoms with E-state index >= 15 is 0 Å². The Morgan fingerprint density at radius 1 is 1.40 bits per heavy atom. The molecule has 0 N–H and O–H groups in total. The molecule has 1 aliphatic carbocycles. The molecule has 58 valence electrons. The van der Waals surface area contributed by atoms with E-state index in [1.165, 1.54) is 18.4 Å². The molecule has 0 aromatic carbocycles. The topological polar surface area (TPSA) is 0 Å². The van der Waals surface area contributed by atoms with Crippen molar-refractivity contribution in [3.05, 3.63) is 12.2 Å². The number of hydrogen-bond acceptors (Lipinski definition) is 0. The maximum atomic E-state index is 3.95. The number of hydrogen-bond donors (Lipinski definition) is 0. The molecule has 0 bridgehead atoms. The lowest BCUT2D eigenvalue weighted by molar-refractivity contribution is 0.415. The molecule has 1 unspecified atom stereocenters. The molecule has 0 heterocycles. The van der Waals surface area contributed by atoms with E-state index in [-0.39, 0.29) is 0 Å². The Kier molecular flexibility index (Phi) is 1.47. The lowest BCUT2D eigenvalue weighted by Crippen LogP contribution is -2.03. The molecule has 0 amide bonds. The van der Waals surface area contributed by atoms with E-state index in [0.717, 1.165) is 0 Å². The fraction of sp³-hybridized carbons (Fsp3) is 0.800. The van der Waals surface area contributed by atoms with Crippen molar-refractivity contribution >= 4 is 0 Å². The summed E-state index contributed by atoms with van der Waals surface area (Å²) in [5.41, 5.74) is 2.47. The van der Waals surface area contributed by atoms with Crippen LogP contribution in [0.2, 0.25) is 0 Å². The van der Waals surface area contributed by atoms with Crippen LogP contribution in [-0.2, 0) is 0 Å². The van der Waals surface area contributed by atoms with Crippen LogP contribution in [0.4, 0.5) is 0 Å². The summed E-state index contributed by atoms with van der Waals surface area (Å²) in [6.07, 6.45) is 2.58. The molecule has 0 aliphatic heterocycles. The van der Waals surface area contributed by atoms with Crippen molar-refractivity contribution < 1.29 is 0 Å². The van der Waals surface area contributed by atoms with Gasteiger partial charge in [0.05, 0.1) is 0 Å². The number of rotatable bonds is 2. The Hall–Kier alpha value is -0.260. The summed E-state index contributed by atoms with van der Waals surface area (Å²) in [5.74, 6) is 0. The molecule has 1 aliphatic rings. The van der Waals surface area contributed by atoms with Crippen LogP contribution in [0.15, 0.2) is 12.2 Å². The quantitative estimate of drug-likeness (QED) is 0.513. The summed E-state index contributed by atoms with van der Waals surface area (Å²) >= 11 is 0. The van der Waals surface area contributed by atoms with Crippen molar-refractivity contribution in [3.63, 3.8) is 0 Å². The molecule has 0 aromatic heterocycles. The van der Waals surface area contributed by atoms with Crippen molar-refractivity contribution in [1.29, 1.82) is 0 Å². The first-order valence-electron chi connectivity index (χ1n) is 4.02. The Bertz CT molecular complexity index is 165. The predicted octanol–water partition coefficient (Wildman–Crippen LogP) is 3.39. The average molecular weight is 138 g/mol. The fourth-order valence-corrected chi connectivity index (χ4v) is 1.90. The van der Waals surface area contributed by atoms with Crippen LogP contribution in [0, 0.1) is 10.8 Å². The first-order valence-corrected chi connectivity index (χ1v) is 4.02. The van der Waals surface area contributed by atoms with E-state index in [2.05, 4.69) is 34.3 Å². The van der Waals surface area contributed by atoms with E-state index < -0.39 is 0 Å². The zero-order valence-electron chi connectivity index (χ0n) is 7.62. The van der Waals surface area contributed by atoms with Gasteiger partial charge in [0.2, 0.25) is 0 Å². The van der Waals surface area contributed by atoms with Gasteiger partial charge in [-0.1, -0.05) is 26.3 Å². The van der Waals surface area contributed by atoms with Crippen LogP contribution >= 0.6 is 0 Å². The molecule has 1 saturated carbocycles. The molecule has 1 rings (SSSR count). The smallest absolute Gasteiger partial charge is 0.0232 e. The lowest BCUT2D eigenvalue weighted by atomic mass is 9.92. The van der Waals surface area contributed by atoms with Gasteiger partial charge in [-0.15, -0.1) is 6.58 Å². The van der Waals surface area contributed by atoms with Crippen molar-refractivity contribution in [3.8, 4) is 0 Å². The Morgan fingerprint density at radius 3 is 1.90 bits per heavy atom. The zero-order valence-corrected chi connectivity index (χ0v) is 7.62. The van der Waals surface area contributed by atoms with Gasteiger partial charge < -0.3 is 0 Å². The van der Waals surface area contributed by atoms with E-state index in [4.69, 9.17) is 0 Å². The molecule has 0 saturated heterocycles. The Balaban J connectivity index is 2.52. The third kappa shape index (κ3) is 1.12. The van der Waals surface area contributed by atoms with Crippen molar-refractivity contribution in [1.82, 2.24) is 0 Å². The van der Waals surface area contributed by atoms with Crippen LogP contribution in [0.1, 0.15) is 40.5 Å². The second-order valence-electron chi connectivity index (χ2n) is 4.76. The lowest BCUT2D eigenvalue weighted by Gasteiger charge is -2.13. The van der Waals surface area contributed by atoms with E-state index in [0.29, 0.717) is 10.8 Å². The van der Waals surface area contributed by atoms with Gasteiger partial charge in [-0.05, 0) is 30.6 Å². The average Bonchev–Trinajstić information content (AvgIpc) is 2.01. The fourth-order valence-electron chi connectivity index (χ4n) is 1.90. The highest BCUT2D eigenvalue weighted by Crippen LogP contribution is 2.65. The summed E-state index contributed by atoms with van der Waals surface area (Å²) in [6.45, 7) is 13.1. The zero-order chi connectivity index (χ0) is 7.99. The van der Waals surface area contributed by atoms with Crippen molar-refractivity contribution in [2.75, 3.05) is 0 Å². The standard InChI is InChI=1S/C10H18/c1-8(2)6-10(5)7-9(10,3)4/h1,6-7H2,2-5H3. The normalized spacial score (nSPS) is 35.6. The molecule has 0 spiro atoms. The molecule has 0 radical (unpaired) electrons. The van der Waals surface area contributed by atoms with Gasteiger partial charge in [0.25, 0.3) is 0 Å². The highest BCUT2D eigenvalue weighted by Gasteiger charge is 2.56. The summed E-state index contributed by atoms with van der Waals surface area (Å²) < 4.78 is 0. The summed E-state index contributed by atoms with van der Waals surface area (Å²) in [5, 5.41) is 0. The Morgan fingerprint density at radius 2 is 1.80 bits per heavy atom. The van der Waals surface area contributed by atoms with Gasteiger partial charge in [0.15, 0.2) is 0 Å². The monoisotopic (exact) mass is 138 g/mol. The van der Waals surface area contributed by atoms with Crippen molar-refractivity contribution in [2.45, 2.75) is 40.5 Å². The van der Waals surface area contributed by atoms with Gasteiger partial charge in [-0.3, -0.25) is 0 Å². The highest BCUT2D eigenvalue weighted by molar-refractivity contribution is 5.12. The van der Waals surface area contributed by atoms with Crippen LogP contribution in [-0.4, -0.2) is 0 Å². The molecule has 0 aromatic rings. The number of allylic oxidation sites excluding steroid dienone is 1.